The lowest BCUT2D eigenvalue weighted by Crippen LogP contribution is -2.34. The number of amides is 1. The summed E-state index contributed by atoms with van der Waals surface area (Å²) in [6.45, 7) is 4.65. The lowest BCUT2D eigenvalue weighted by atomic mass is 9.96. The van der Waals surface area contributed by atoms with Crippen LogP contribution in [-0.2, 0) is 17.8 Å². The maximum absolute atomic E-state index is 10.7. The number of nitrogens with one attached hydrogen (secondary N) is 1. The molecule has 2 rings (SSSR count). The molecule has 0 heterocycles. The molecule has 4 heteroatoms. The molecule has 2 aromatic rings. The molecular weight excluding hydrogens is 310 g/mol. The minimum absolute atomic E-state index is 0.0932. The third kappa shape index (κ3) is 5.29. The zero-order valence-electron chi connectivity index (χ0n) is 13.5. The van der Waals surface area contributed by atoms with E-state index in [4.69, 9.17) is 16.3 Å². The molecule has 0 bridgehead atoms. The highest BCUT2D eigenvalue weighted by Gasteiger charge is 2.14. The summed E-state index contributed by atoms with van der Waals surface area (Å²) in [6.07, 6.45) is 1.50. The number of carbonyl (C=O) groups is 1. The van der Waals surface area contributed by atoms with Crippen molar-refractivity contribution in [1.29, 1.82) is 0 Å². The van der Waals surface area contributed by atoms with Gasteiger partial charge in [-0.2, -0.15) is 0 Å². The van der Waals surface area contributed by atoms with Crippen molar-refractivity contribution in [2.75, 3.05) is 0 Å². The molecule has 0 fully saturated rings. The van der Waals surface area contributed by atoms with Crippen molar-refractivity contribution >= 4 is 18.0 Å². The maximum atomic E-state index is 10.7. The number of benzene rings is 2. The highest BCUT2D eigenvalue weighted by atomic mass is 35.5. The molecule has 0 aliphatic carbocycles. The second kappa shape index (κ2) is 8.59. The zero-order valence-corrected chi connectivity index (χ0v) is 14.2. The molecule has 23 heavy (non-hydrogen) atoms. The Labute approximate surface area is 142 Å². The largest absolute Gasteiger partial charge is 0.487 e. The first-order chi connectivity index (χ1) is 11.1. The van der Waals surface area contributed by atoms with Crippen molar-refractivity contribution in [2.24, 2.45) is 5.92 Å². The number of hydrogen-bond donors (Lipinski definition) is 1. The van der Waals surface area contributed by atoms with Gasteiger partial charge in [0.1, 0.15) is 12.4 Å². The predicted molar refractivity (Wildman–Crippen MR) is 93.8 cm³/mol. The standard InChI is InChI=1S/C19H22ClNO2/c1-14(2)18(21-13-22)10-16-8-9-17(20)19(11-16)23-12-15-6-4-3-5-7-15/h3-9,11,13-14,18H,10,12H2,1-2H3,(H,21,22). The minimum Gasteiger partial charge on any atom is -0.487 e. The van der Waals surface area contributed by atoms with Crippen LogP contribution in [0.25, 0.3) is 0 Å². The lowest BCUT2D eigenvalue weighted by Gasteiger charge is -2.20. The predicted octanol–water partition coefficient (Wildman–Crippen LogP) is 4.23. The van der Waals surface area contributed by atoms with Crippen molar-refractivity contribution in [1.82, 2.24) is 5.32 Å². The van der Waals surface area contributed by atoms with Crippen molar-refractivity contribution in [3.05, 3.63) is 64.7 Å². The van der Waals surface area contributed by atoms with Gasteiger partial charge in [0.05, 0.1) is 5.02 Å². The van der Waals surface area contributed by atoms with E-state index in [0.29, 0.717) is 23.3 Å². The van der Waals surface area contributed by atoms with Crippen LogP contribution in [0, 0.1) is 5.92 Å². The Morgan fingerprint density at radius 1 is 1.13 bits per heavy atom. The Balaban J connectivity index is 2.07. The normalized spacial score (nSPS) is 12.0. The van der Waals surface area contributed by atoms with E-state index in [1.165, 1.54) is 0 Å². The Morgan fingerprint density at radius 3 is 2.52 bits per heavy atom. The number of carbonyl (C=O) groups excluding carboxylic acids is 1. The quantitative estimate of drug-likeness (QED) is 0.735. The molecule has 1 atom stereocenters. The van der Waals surface area contributed by atoms with Crippen molar-refractivity contribution < 1.29 is 9.53 Å². The SMILES string of the molecule is CC(C)C(Cc1ccc(Cl)c(OCc2ccccc2)c1)NC=O. The van der Waals surface area contributed by atoms with E-state index >= 15 is 0 Å². The van der Waals surface area contributed by atoms with E-state index in [1.807, 2.05) is 48.5 Å². The Hall–Kier alpha value is -2.00. The third-order valence-electron chi connectivity index (χ3n) is 3.78. The zero-order chi connectivity index (χ0) is 16.7. The first-order valence-electron chi connectivity index (χ1n) is 7.75. The number of rotatable bonds is 8. The molecule has 2 aromatic carbocycles. The first kappa shape index (κ1) is 17.4. The molecule has 0 saturated carbocycles. The van der Waals surface area contributed by atoms with E-state index in [1.54, 1.807) is 0 Å². The number of ether oxygens (including phenoxy) is 1. The van der Waals surface area contributed by atoms with E-state index < -0.39 is 0 Å². The molecule has 0 aromatic heterocycles. The molecule has 0 saturated heterocycles. The van der Waals surface area contributed by atoms with Crippen LogP contribution in [0.2, 0.25) is 5.02 Å². The Kier molecular flexibility index (Phi) is 6.48. The summed E-state index contributed by atoms with van der Waals surface area (Å²) in [6, 6.07) is 15.8. The fourth-order valence-corrected chi connectivity index (χ4v) is 2.52. The highest BCUT2D eigenvalue weighted by molar-refractivity contribution is 6.32. The van der Waals surface area contributed by atoms with Crippen molar-refractivity contribution in [2.45, 2.75) is 32.9 Å². The molecule has 122 valence electrons. The molecular formula is C19H22ClNO2. The van der Waals surface area contributed by atoms with Gasteiger partial charge in [0.25, 0.3) is 0 Å². The summed E-state index contributed by atoms with van der Waals surface area (Å²) >= 11 is 6.23. The first-order valence-corrected chi connectivity index (χ1v) is 8.12. The molecule has 1 unspecified atom stereocenters. The van der Waals surface area contributed by atoms with Gasteiger partial charge in [0.15, 0.2) is 0 Å². The summed E-state index contributed by atoms with van der Waals surface area (Å²) in [5.74, 6) is 1.02. The fraction of sp³-hybridized carbons (Fsp3) is 0.316. The summed E-state index contributed by atoms with van der Waals surface area (Å²) in [5, 5.41) is 3.46. The summed E-state index contributed by atoms with van der Waals surface area (Å²) in [7, 11) is 0. The summed E-state index contributed by atoms with van der Waals surface area (Å²) < 4.78 is 5.84. The average Bonchev–Trinajstić information content (AvgIpc) is 2.55. The monoisotopic (exact) mass is 331 g/mol. The molecule has 0 aliphatic heterocycles. The van der Waals surface area contributed by atoms with Crippen LogP contribution in [0.5, 0.6) is 5.75 Å². The molecule has 1 amide bonds. The van der Waals surface area contributed by atoms with Gasteiger partial charge >= 0.3 is 0 Å². The van der Waals surface area contributed by atoms with E-state index in [-0.39, 0.29) is 6.04 Å². The molecule has 3 nitrogen and oxygen atoms in total. The second-order valence-electron chi connectivity index (χ2n) is 5.88. The van der Waals surface area contributed by atoms with Crippen LogP contribution in [0.15, 0.2) is 48.5 Å². The van der Waals surface area contributed by atoms with Gasteiger partial charge in [0, 0.05) is 6.04 Å². The van der Waals surface area contributed by atoms with Gasteiger partial charge in [-0.25, -0.2) is 0 Å². The van der Waals surface area contributed by atoms with Crippen LogP contribution in [0.1, 0.15) is 25.0 Å². The number of halogens is 1. The summed E-state index contributed by atoms with van der Waals surface area (Å²) in [4.78, 5) is 10.7. The van der Waals surface area contributed by atoms with Gasteiger partial charge < -0.3 is 10.1 Å². The van der Waals surface area contributed by atoms with Crippen LogP contribution in [0.3, 0.4) is 0 Å². The lowest BCUT2D eigenvalue weighted by molar-refractivity contribution is -0.110. The van der Waals surface area contributed by atoms with E-state index in [9.17, 15) is 4.79 Å². The van der Waals surface area contributed by atoms with Crippen LogP contribution in [-0.4, -0.2) is 12.5 Å². The van der Waals surface area contributed by atoms with Gasteiger partial charge in [-0.3, -0.25) is 4.79 Å². The topological polar surface area (TPSA) is 38.3 Å². The fourth-order valence-electron chi connectivity index (χ4n) is 2.35. The smallest absolute Gasteiger partial charge is 0.207 e. The highest BCUT2D eigenvalue weighted by Crippen LogP contribution is 2.27. The van der Waals surface area contributed by atoms with Crippen LogP contribution in [0.4, 0.5) is 0 Å². The third-order valence-corrected chi connectivity index (χ3v) is 4.09. The van der Waals surface area contributed by atoms with E-state index in [0.717, 1.165) is 24.0 Å². The summed E-state index contributed by atoms with van der Waals surface area (Å²) in [5.41, 5.74) is 2.18. The number of hydrogen-bond acceptors (Lipinski definition) is 2. The maximum Gasteiger partial charge on any atom is 0.207 e. The molecule has 0 spiro atoms. The molecule has 0 aliphatic rings. The van der Waals surface area contributed by atoms with Gasteiger partial charge in [-0.05, 0) is 35.6 Å². The molecule has 1 N–H and O–H groups in total. The Morgan fingerprint density at radius 2 is 1.87 bits per heavy atom. The van der Waals surface area contributed by atoms with Crippen molar-refractivity contribution in [3.63, 3.8) is 0 Å². The van der Waals surface area contributed by atoms with Crippen molar-refractivity contribution in [3.8, 4) is 5.75 Å². The second-order valence-corrected chi connectivity index (χ2v) is 6.29. The minimum atomic E-state index is 0.0932. The van der Waals surface area contributed by atoms with Gasteiger partial charge in [0.2, 0.25) is 6.41 Å². The van der Waals surface area contributed by atoms with Gasteiger partial charge in [-0.1, -0.05) is 61.8 Å². The van der Waals surface area contributed by atoms with E-state index in [2.05, 4.69) is 19.2 Å². The van der Waals surface area contributed by atoms with Crippen LogP contribution >= 0.6 is 11.6 Å². The average molecular weight is 332 g/mol. The Bertz CT molecular complexity index is 629. The molecule has 0 radical (unpaired) electrons. The van der Waals surface area contributed by atoms with Gasteiger partial charge in [-0.15, -0.1) is 0 Å². The van der Waals surface area contributed by atoms with Crippen LogP contribution < -0.4 is 10.1 Å².